The van der Waals surface area contributed by atoms with E-state index in [9.17, 15) is 24.4 Å². The molecule has 1 saturated carbocycles. The molecule has 10 nitrogen and oxygen atoms in total. The fourth-order valence-electron chi connectivity index (χ4n) is 4.51. The highest BCUT2D eigenvalue weighted by molar-refractivity contribution is 5.92. The molecule has 11 heteroatoms. The van der Waals surface area contributed by atoms with Gasteiger partial charge >= 0.3 is 11.7 Å². The lowest BCUT2D eigenvalue weighted by molar-refractivity contribution is -0.383. The number of nitro groups is 1. The number of carbonyl (C=O) groups excluding carboxylic acids is 1. The maximum Gasteiger partial charge on any atom is 0.334 e. The van der Waals surface area contributed by atoms with Gasteiger partial charge in [-0.3, -0.25) is 15.4 Å². The fourth-order valence-corrected chi connectivity index (χ4v) is 4.51. The number of nitrogens with two attached hydrogens (primary N) is 1. The lowest BCUT2D eigenvalue weighted by Crippen LogP contribution is -2.41. The van der Waals surface area contributed by atoms with Gasteiger partial charge in [-0.05, 0) is 55.5 Å². The first-order valence-electron chi connectivity index (χ1n) is 12.4. The molecule has 2 aromatic carbocycles. The van der Waals surface area contributed by atoms with Gasteiger partial charge in [0.15, 0.2) is 0 Å². The van der Waals surface area contributed by atoms with Gasteiger partial charge in [0.1, 0.15) is 23.9 Å². The summed E-state index contributed by atoms with van der Waals surface area (Å²) in [6, 6.07) is 14.1. The number of urea groups is 1. The molecule has 1 unspecified atom stereocenters. The van der Waals surface area contributed by atoms with Crippen molar-refractivity contribution in [1.82, 2.24) is 10.3 Å². The molecule has 1 heterocycles. The van der Waals surface area contributed by atoms with Crippen LogP contribution in [-0.2, 0) is 6.61 Å². The molecule has 1 fully saturated rings. The van der Waals surface area contributed by atoms with Crippen molar-refractivity contribution in [1.29, 1.82) is 0 Å². The molecule has 0 bridgehead atoms. The molecular formula is C27H30FN5O5. The van der Waals surface area contributed by atoms with Gasteiger partial charge in [0.2, 0.25) is 5.82 Å². The molecule has 0 saturated heterocycles. The molecule has 0 radical (unpaired) electrons. The van der Waals surface area contributed by atoms with Crippen LogP contribution in [0.4, 0.5) is 26.4 Å². The average molecular weight is 524 g/mol. The van der Waals surface area contributed by atoms with E-state index in [4.69, 9.17) is 10.5 Å². The summed E-state index contributed by atoms with van der Waals surface area (Å²) in [6.45, 7) is 2.00. The number of benzene rings is 2. The second-order valence-electron chi connectivity index (χ2n) is 9.37. The van der Waals surface area contributed by atoms with Crippen LogP contribution < -0.4 is 21.1 Å². The first-order chi connectivity index (χ1) is 18.2. The fraction of sp³-hybridized carbons (Fsp3) is 0.333. The monoisotopic (exact) mass is 523 g/mol. The number of hydrogen-bond donors (Lipinski definition) is 4. The van der Waals surface area contributed by atoms with E-state index in [1.54, 1.807) is 6.92 Å². The predicted molar refractivity (Wildman–Crippen MR) is 140 cm³/mol. The van der Waals surface area contributed by atoms with Gasteiger partial charge in [0.05, 0.1) is 16.7 Å². The molecule has 0 spiro atoms. The first-order valence-corrected chi connectivity index (χ1v) is 12.4. The molecular weight excluding hydrogens is 493 g/mol. The number of amides is 2. The Morgan fingerprint density at radius 2 is 1.92 bits per heavy atom. The van der Waals surface area contributed by atoms with Gasteiger partial charge in [-0.25, -0.2) is 14.2 Å². The van der Waals surface area contributed by atoms with E-state index in [0.29, 0.717) is 42.7 Å². The lowest BCUT2D eigenvalue weighted by atomic mass is 9.93. The van der Waals surface area contributed by atoms with Crippen molar-refractivity contribution >= 4 is 23.2 Å². The number of nitrogens with one attached hydrogen (secondary N) is 2. The maximum absolute atomic E-state index is 14.3. The Hall–Kier alpha value is -4.25. The van der Waals surface area contributed by atoms with E-state index in [-0.39, 0.29) is 30.3 Å². The van der Waals surface area contributed by atoms with Gasteiger partial charge in [0.25, 0.3) is 0 Å². The number of nitrogens with zero attached hydrogens (tertiary/aromatic N) is 2. The predicted octanol–water partition coefficient (Wildman–Crippen LogP) is 4.87. The van der Waals surface area contributed by atoms with Crippen LogP contribution in [0.15, 0.2) is 54.6 Å². The van der Waals surface area contributed by atoms with Crippen molar-refractivity contribution in [2.75, 3.05) is 11.1 Å². The first kappa shape index (κ1) is 26.8. The molecule has 5 N–H and O–H groups in total. The van der Waals surface area contributed by atoms with Crippen LogP contribution in [0.1, 0.15) is 55.3 Å². The number of hydrogen-bond acceptors (Lipinski definition) is 7. The summed E-state index contributed by atoms with van der Waals surface area (Å²) in [6.07, 6.45) is 1.92. The average Bonchev–Trinajstić information content (AvgIpc) is 2.89. The SMILES string of the molecule is CC(c1cc(N)c([N+](=O)[O-])c(NC(=O)NC2CCC(O)CC2)n1)c1cc(F)ccc1OCc1ccccc1. The van der Waals surface area contributed by atoms with E-state index < -0.39 is 28.4 Å². The Kier molecular flexibility index (Phi) is 8.37. The minimum atomic E-state index is -0.708. The van der Waals surface area contributed by atoms with Crippen LogP contribution in [-0.4, -0.2) is 33.2 Å². The molecule has 200 valence electrons. The van der Waals surface area contributed by atoms with Crippen LogP contribution in [0.25, 0.3) is 0 Å². The number of pyridine rings is 1. The summed E-state index contributed by atoms with van der Waals surface area (Å²) in [5, 5.41) is 26.6. The van der Waals surface area contributed by atoms with Gasteiger partial charge in [0, 0.05) is 17.5 Å². The molecule has 1 aromatic heterocycles. The Morgan fingerprint density at radius 3 is 2.61 bits per heavy atom. The van der Waals surface area contributed by atoms with E-state index in [0.717, 1.165) is 5.56 Å². The Morgan fingerprint density at radius 1 is 1.21 bits per heavy atom. The molecule has 38 heavy (non-hydrogen) atoms. The number of carbonyl (C=O) groups is 1. The van der Waals surface area contributed by atoms with Crippen LogP contribution in [0.3, 0.4) is 0 Å². The van der Waals surface area contributed by atoms with Crippen molar-refractivity contribution < 1.29 is 24.0 Å². The van der Waals surface area contributed by atoms with E-state index >= 15 is 0 Å². The topological polar surface area (TPSA) is 153 Å². The van der Waals surface area contributed by atoms with E-state index in [1.807, 2.05) is 30.3 Å². The molecule has 2 amide bonds. The maximum atomic E-state index is 14.3. The summed E-state index contributed by atoms with van der Waals surface area (Å²) in [7, 11) is 0. The summed E-state index contributed by atoms with van der Waals surface area (Å²) in [4.78, 5) is 28.0. The standard InChI is InChI=1S/C27H30FN5O5/c1-16(21-13-18(28)7-12-24(21)38-15-17-5-3-2-4-6-17)23-14-22(29)25(33(36)37)26(31-23)32-27(35)30-19-8-10-20(34)11-9-19/h2-7,12-14,16,19-20,34H,8-11,15H2,1H3,(H4,29,30,31,32,35). The zero-order chi connectivity index (χ0) is 27.2. The largest absolute Gasteiger partial charge is 0.489 e. The van der Waals surface area contributed by atoms with Crippen molar-refractivity contribution in [2.45, 2.75) is 57.3 Å². The van der Waals surface area contributed by atoms with Gasteiger partial charge in [-0.15, -0.1) is 0 Å². The summed E-state index contributed by atoms with van der Waals surface area (Å²) in [5.74, 6) is -0.950. The second kappa shape index (κ2) is 11.9. The van der Waals surface area contributed by atoms with Gasteiger partial charge in [-0.1, -0.05) is 37.3 Å². The Balaban J connectivity index is 1.59. The summed E-state index contributed by atoms with van der Waals surface area (Å²) in [5.41, 5.74) is 7.00. The number of anilines is 2. The quantitative estimate of drug-likeness (QED) is 0.243. The van der Waals surface area contributed by atoms with Gasteiger partial charge in [-0.2, -0.15) is 0 Å². The van der Waals surface area contributed by atoms with E-state index in [1.165, 1.54) is 24.3 Å². The third-order valence-corrected chi connectivity index (χ3v) is 6.61. The number of rotatable bonds is 8. The van der Waals surface area contributed by atoms with Crippen molar-refractivity contribution in [3.63, 3.8) is 0 Å². The number of aliphatic hydroxyl groups excluding tert-OH is 1. The highest BCUT2D eigenvalue weighted by Gasteiger charge is 2.27. The molecule has 1 atom stereocenters. The van der Waals surface area contributed by atoms with Crippen LogP contribution in [0, 0.1) is 15.9 Å². The molecule has 4 rings (SSSR count). The highest BCUT2D eigenvalue weighted by Crippen LogP contribution is 2.37. The minimum absolute atomic E-state index is 0.173. The molecule has 1 aliphatic carbocycles. The third kappa shape index (κ3) is 6.54. The number of aromatic nitrogens is 1. The molecule has 3 aromatic rings. The van der Waals surface area contributed by atoms with Crippen molar-refractivity contribution in [2.24, 2.45) is 0 Å². The highest BCUT2D eigenvalue weighted by atomic mass is 19.1. The second-order valence-corrected chi connectivity index (χ2v) is 9.37. The number of ether oxygens (including phenoxy) is 1. The van der Waals surface area contributed by atoms with Crippen LogP contribution in [0.2, 0.25) is 0 Å². The van der Waals surface area contributed by atoms with Crippen molar-refractivity contribution in [3.05, 3.63) is 87.3 Å². The minimum Gasteiger partial charge on any atom is -0.489 e. The lowest BCUT2D eigenvalue weighted by Gasteiger charge is -2.26. The number of aliphatic hydroxyl groups is 1. The van der Waals surface area contributed by atoms with Crippen LogP contribution in [0.5, 0.6) is 5.75 Å². The van der Waals surface area contributed by atoms with E-state index in [2.05, 4.69) is 15.6 Å². The van der Waals surface area contributed by atoms with Crippen molar-refractivity contribution in [3.8, 4) is 5.75 Å². The number of nitrogen functional groups attached to an aromatic ring is 1. The summed E-state index contributed by atoms with van der Waals surface area (Å²) < 4.78 is 20.2. The normalized spacial score (nSPS) is 17.9. The summed E-state index contributed by atoms with van der Waals surface area (Å²) >= 11 is 0. The van der Waals surface area contributed by atoms with Crippen LogP contribution >= 0.6 is 0 Å². The zero-order valence-electron chi connectivity index (χ0n) is 20.9. The smallest absolute Gasteiger partial charge is 0.334 e. The number of halogens is 1. The molecule has 1 aliphatic rings. The molecule has 0 aliphatic heterocycles. The zero-order valence-corrected chi connectivity index (χ0v) is 20.9. The third-order valence-electron chi connectivity index (χ3n) is 6.61. The van der Waals surface area contributed by atoms with Gasteiger partial charge < -0.3 is 20.9 Å². The Labute approximate surface area is 219 Å². The Bertz CT molecular complexity index is 1300.